The first-order valence-corrected chi connectivity index (χ1v) is 0.996. The lowest BCUT2D eigenvalue weighted by Gasteiger charge is -1.57. The molecule has 0 saturated heterocycles. The van der Waals surface area contributed by atoms with Crippen molar-refractivity contribution < 1.29 is 0 Å². The SMILES string of the molecule is C=C([CH2+])N. The molecule has 0 aromatic carbocycles. The highest BCUT2D eigenvalue weighted by molar-refractivity contribution is 4.88. The predicted octanol–water partition coefficient (Wildman–Crippen LogP) is 0.293. The number of hydrogen-bond acceptors (Lipinski definition) is 1. The maximum atomic E-state index is 4.81. The molecule has 0 aliphatic carbocycles. The fraction of sp³-hybridized carbons (Fsp3) is 0. The van der Waals surface area contributed by atoms with E-state index >= 15 is 0 Å². The third-order valence-electron chi connectivity index (χ3n) is 0. The molecule has 0 aliphatic heterocycles. The van der Waals surface area contributed by atoms with Crippen LogP contribution in [0.4, 0.5) is 0 Å². The van der Waals surface area contributed by atoms with Crippen LogP contribution in [0.25, 0.3) is 0 Å². The first kappa shape index (κ1) is 3.41. The molecule has 0 radical (unpaired) electrons. The van der Waals surface area contributed by atoms with E-state index in [4.69, 9.17) is 5.73 Å². The van der Waals surface area contributed by atoms with Crippen LogP contribution in [-0.2, 0) is 0 Å². The molecule has 0 fully saturated rings. The summed E-state index contributed by atoms with van der Waals surface area (Å²) in [5, 5.41) is 0. The van der Waals surface area contributed by atoms with E-state index in [0.717, 1.165) is 0 Å². The van der Waals surface area contributed by atoms with Crippen LogP contribution in [0.2, 0.25) is 0 Å². The van der Waals surface area contributed by atoms with Gasteiger partial charge in [-0.1, -0.05) is 0 Å². The summed E-state index contributed by atoms with van der Waals surface area (Å²) in [6, 6.07) is 0. The zero-order chi connectivity index (χ0) is 3.58. The van der Waals surface area contributed by atoms with Crippen LogP contribution >= 0.6 is 0 Å². The van der Waals surface area contributed by atoms with Crippen molar-refractivity contribution >= 4 is 0 Å². The number of nitrogens with two attached hydrogens (primary N) is 1. The van der Waals surface area contributed by atoms with E-state index in [0.29, 0.717) is 5.70 Å². The van der Waals surface area contributed by atoms with Gasteiger partial charge in [0.05, 0.1) is 13.5 Å². The van der Waals surface area contributed by atoms with Crippen molar-refractivity contribution in [3.05, 3.63) is 19.2 Å². The molecule has 0 heterocycles. The Morgan fingerprint density at radius 3 is 2.00 bits per heavy atom. The Hall–Kier alpha value is -0.590. The minimum absolute atomic E-state index is 0.417. The highest BCUT2D eigenvalue weighted by Gasteiger charge is 1.63. The molecule has 0 aromatic heterocycles. The molecule has 0 saturated carbocycles. The summed E-state index contributed by atoms with van der Waals surface area (Å²) in [6.07, 6.45) is 0. The smallest absolute Gasteiger partial charge is 0.181 e. The second-order valence-corrected chi connectivity index (χ2v) is 0.658. The maximum absolute atomic E-state index is 4.81. The number of allylic oxidation sites excluding steroid dienone is 1. The Labute approximate surface area is 26.1 Å². The summed E-state index contributed by atoms with van der Waals surface area (Å²) in [6.45, 7) is 6.44. The predicted molar refractivity (Wildman–Crippen MR) is 18.7 cm³/mol. The Bertz CT molecular complexity index is 26.3. The van der Waals surface area contributed by atoms with Gasteiger partial charge in [0.1, 0.15) is 0 Å². The molecule has 2 N–H and O–H groups in total. The largest absolute Gasteiger partial charge is 0.366 e. The highest BCUT2D eigenvalue weighted by atomic mass is 14.5. The van der Waals surface area contributed by atoms with Crippen LogP contribution in [0.3, 0.4) is 0 Å². The standard InChI is InChI=1S/C3H6N/c1-3(2)4/h1-2,4H2/q+1. The van der Waals surface area contributed by atoms with Gasteiger partial charge >= 0.3 is 0 Å². The first-order valence-electron chi connectivity index (χ1n) is 0.996. The third kappa shape index (κ3) is 0.681. The van der Waals surface area contributed by atoms with Gasteiger partial charge in [-0.2, -0.15) is 0 Å². The van der Waals surface area contributed by atoms with Crippen molar-refractivity contribution in [3.63, 3.8) is 0 Å². The average molecular weight is 56.1 g/mol. The summed E-state index contributed by atoms with van der Waals surface area (Å²) in [5.74, 6) is 0. The van der Waals surface area contributed by atoms with Gasteiger partial charge in [0.25, 0.3) is 0 Å². The summed E-state index contributed by atoms with van der Waals surface area (Å²) in [5.41, 5.74) is 5.22. The van der Waals surface area contributed by atoms with Crippen molar-refractivity contribution in [1.29, 1.82) is 0 Å². The molecule has 0 bridgehead atoms. The molecule has 22 valence electrons. The normalized spacial score (nSPS) is 6.00. The van der Waals surface area contributed by atoms with Crippen LogP contribution < -0.4 is 5.73 Å². The molecule has 0 rings (SSSR count). The van der Waals surface area contributed by atoms with Gasteiger partial charge in [0, 0.05) is 0 Å². The molecule has 0 aromatic rings. The lowest BCUT2D eigenvalue weighted by Crippen LogP contribution is -1.84. The average Bonchev–Trinajstić information content (AvgIpc) is 0.811. The zero-order valence-electron chi connectivity index (χ0n) is 2.49. The summed E-state index contributed by atoms with van der Waals surface area (Å²) in [7, 11) is 0. The summed E-state index contributed by atoms with van der Waals surface area (Å²) < 4.78 is 0. The van der Waals surface area contributed by atoms with Crippen LogP contribution in [-0.4, -0.2) is 0 Å². The molecule has 0 spiro atoms. The lowest BCUT2D eigenvalue weighted by molar-refractivity contribution is 1.46. The van der Waals surface area contributed by atoms with Crippen molar-refractivity contribution in [2.45, 2.75) is 0 Å². The second-order valence-electron chi connectivity index (χ2n) is 0.658. The fourth-order valence-corrected chi connectivity index (χ4v) is 0. The molecule has 0 atom stereocenters. The second kappa shape index (κ2) is 0.825. The number of rotatable bonds is 0. The van der Waals surface area contributed by atoms with E-state index in [1.54, 1.807) is 0 Å². The zero-order valence-corrected chi connectivity index (χ0v) is 2.49. The van der Waals surface area contributed by atoms with Crippen LogP contribution in [0.15, 0.2) is 12.3 Å². The maximum Gasteiger partial charge on any atom is 0.181 e. The minimum Gasteiger partial charge on any atom is -0.366 e. The molecule has 4 heavy (non-hydrogen) atoms. The molecule has 1 heteroatoms. The topological polar surface area (TPSA) is 26.0 Å². The minimum atomic E-state index is 0.417. The molecule has 0 amide bonds. The molecule has 0 unspecified atom stereocenters. The number of hydrogen-bond donors (Lipinski definition) is 1. The van der Waals surface area contributed by atoms with E-state index in [1.807, 2.05) is 0 Å². The van der Waals surface area contributed by atoms with Gasteiger partial charge in [-0.3, -0.25) is 0 Å². The van der Waals surface area contributed by atoms with Crippen LogP contribution in [0.5, 0.6) is 0 Å². The van der Waals surface area contributed by atoms with Gasteiger partial charge in [-0.25, -0.2) is 0 Å². The van der Waals surface area contributed by atoms with Gasteiger partial charge in [0.2, 0.25) is 0 Å². The van der Waals surface area contributed by atoms with E-state index in [9.17, 15) is 0 Å². The van der Waals surface area contributed by atoms with Crippen molar-refractivity contribution in [2.24, 2.45) is 5.73 Å². The lowest BCUT2D eigenvalue weighted by atomic mass is 10.6. The summed E-state index contributed by atoms with van der Waals surface area (Å²) in [4.78, 5) is 0. The fourth-order valence-electron chi connectivity index (χ4n) is 0. The van der Waals surface area contributed by atoms with E-state index in [1.165, 1.54) is 0 Å². The molecule has 1 nitrogen and oxygen atoms in total. The van der Waals surface area contributed by atoms with E-state index in [2.05, 4.69) is 13.5 Å². The van der Waals surface area contributed by atoms with Gasteiger partial charge in [0.15, 0.2) is 5.70 Å². The van der Waals surface area contributed by atoms with Gasteiger partial charge in [-0.15, -0.1) is 0 Å². The Kier molecular flexibility index (Phi) is 0.703. The third-order valence-corrected chi connectivity index (χ3v) is 0. The van der Waals surface area contributed by atoms with E-state index in [-0.39, 0.29) is 0 Å². The molecular formula is C3H6N+. The monoisotopic (exact) mass is 56.0 g/mol. The van der Waals surface area contributed by atoms with Crippen molar-refractivity contribution in [3.8, 4) is 0 Å². The summed E-state index contributed by atoms with van der Waals surface area (Å²) >= 11 is 0. The highest BCUT2D eigenvalue weighted by Crippen LogP contribution is 1.57. The molecular weight excluding hydrogens is 50.0 g/mol. The molecule has 0 aliphatic rings. The van der Waals surface area contributed by atoms with Crippen molar-refractivity contribution in [1.82, 2.24) is 0 Å². The Morgan fingerprint density at radius 2 is 2.00 bits per heavy atom. The van der Waals surface area contributed by atoms with Gasteiger partial charge < -0.3 is 5.73 Å². The first-order chi connectivity index (χ1) is 1.73. The van der Waals surface area contributed by atoms with Crippen LogP contribution in [0.1, 0.15) is 0 Å². The van der Waals surface area contributed by atoms with Crippen molar-refractivity contribution in [2.75, 3.05) is 0 Å². The van der Waals surface area contributed by atoms with E-state index < -0.39 is 0 Å². The Balaban J connectivity index is 2.80. The van der Waals surface area contributed by atoms with Gasteiger partial charge in [-0.05, 0) is 0 Å². The van der Waals surface area contributed by atoms with Crippen LogP contribution in [0, 0.1) is 6.92 Å². The quantitative estimate of drug-likeness (QED) is 0.397. The Morgan fingerprint density at radius 1 is 2.00 bits per heavy atom.